The Bertz CT molecular complexity index is 2040. The van der Waals surface area contributed by atoms with Crippen molar-refractivity contribution in [2.45, 2.75) is 150 Å². The highest BCUT2D eigenvalue weighted by atomic mass is 79.9. The number of anilines is 4. The third-order valence-electron chi connectivity index (χ3n) is 16.6. The van der Waals surface area contributed by atoms with Crippen LogP contribution in [-0.4, -0.2) is 6.67 Å². The van der Waals surface area contributed by atoms with E-state index in [0.29, 0.717) is 11.8 Å². The Morgan fingerprint density at radius 1 is 0.373 bits per heavy atom. The van der Waals surface area contributed by atoms with Gasteiger partial charge in [-0.15, -0.1) is 0 Å². The Morgan fingerprint density at radius 2 is 0.667 bits per heavy atom. The van der Waals surface area contributed by atoms with Gasteiger partial charge in [0.15, 0.2) is 0 Å². The molecule has 1 aliphatic heterocycles. The van der Waals surface area contributed by atoms with Crippen LogP contribution in [0.2, 0.25) is 0 Å². The Kier molecular flexibility index (Phi) is 6.30. The predicted octanol–water partition coefficient (Wildman–Crippen LogP) is 14.6. The number of hydrogen-bond donors (Lipinski definition) is 0. The molecule has 0 amide bonds. The lowest BCUT2D eigenvalue weighted by atomic mass is 9.58. The molecule has 4 aromatic rings. The first-order valence-electron chi connectivity index (χ1n) is 21.0. The molecule has 4 heteroatoms. The van der Waals surface area contributed by atoms with E-state index in [4.69, 9.17) is 0 Å². The molecule has 4 aromatic carbocycles. The molecular formula is C47H48Br2N2. The maximum Gasteiger partial charge on any atom is 0.100 e. The van der Waals surface area contributed by atoms with Crippen LogP contribution in [0.1, 0.15) is 195 Å². The van der Waals surface area contributed by atoms with Crippen molar-refractivity contribution in [3.63, 3.8) is 0 Å². The fourth-order valence-electron chi connectivity index (χ4n) is 14.6. The molecule has 4 fully saturated rings. The molecule has 0 saturated heterocycles. The van der Waals surface area contributed by atoms with Gasteiger partial charge in [0.1, 0.15) is 6.67 Å². The summed E-state index contributed by atoms with van der Waals surface area (Å²) in [5.41, 5.74) is 20.3. The fraction of sp³-hybridized carbons (Fsp3) is 0.532. The third-order valence-corrected chi connectivity index (χ3v) is 18.2. The van der Waals surface area contributed by atoms with Crippen LogP contribution in [0.4, 0.5) is 22.7 Å². The standard InChI is InChI=1S/C47H48Br2N2/c48-44-40-29-15-7-25(8-16-29)36(40)38-27-11-19-31(20-12-27)42(38)46(44)50-23-51(34-6-2-4-24-3-1-5-33(50)35(24)34)47-43-32-21-13-28(14-22-32)39(43)37-26-9-17-30(18-10-26)41(37)45(47)49/h1-6,25-32H,7-23H2. The van der Waals surface area contributed by atoms with Crippen molar-refractivity contribution in [2.24, 2.45) is 0 Å². The predicted molar refractivity (Wildman–Crippen MR) is 217 cm³/mol. The van der Waals surface area contributed by atoms with Gasteiger partial charge in [-0.1, -0.05) is 24.3 Å². The van der Waals surface area contributed by atoms with Gasteiger partial charge in [-0.25, -0.2) is 0 Å². The van der Waals surface area contributed by atoms with E-state index in [1.807, 2.05) is 22.3 Å². The molecule has 4 saturated carbocycles. The van der Waals surface area contributed by atoms with Crippen LogP contribution in [0, 0.1) is 0 Å². The van der Waals surface area contributed by atoms with E-state index in [2.05, 4.69) is 78.1 Å². The summed E-state index contributed by atoms with van der Waals surface area (Å²) in [6, 6.07) is 14.4. The van der Waals surface area contributed by atoms with Crippen molar-refractivity contribution in [1.29, 1.82) is 0 Å². The van der Waals surface area contributed by atoms with Gasteiger partial charge in [0.05, 0.1) is 22.7 Å². The van der Waals surface area contributed by atoms with Crippen LogP contribution >= 0.6 is 31.9 Å². The van der Waals surface area contributed by atoms with Crippen molar-refractivity contribution in [2.75, 3.05) is 16.5 Å². The van der Waals surface area contributed by atoms with Crippen molar-refractivity contribution >= 4 is 65.4 Å². The monoisotopic (exact) mass is 798 g/mol. The number of benzene rings is 4. The molecule has 12 aliphatic carbocycles. The SMILES string of the molecule is Brc1c2c(c3c(c1N1CN(c4c(Br)c5c(c6c4C4CCC6CC4)C4CCC5CC4)c4cccc5cccc1c45)C1CCC3CC1)C1CCC2CC1. The second-order valence-corrected chi connectivity index (χ2v) is 20.1. The van der Waals surface area contributed by atoms with E-state index in [9.17, 15) is 0 Å². The topological polar surface area (TPSA) is 6.48 Å². The summed E-state index contributed by atoms with van der Waals surface area (Å²) in [6.45, 7) is 0.890. The molecule has 0 atom stereocenters. The molecule has 0 spiro atoms. The minimum atomic E-state index is 0.696. The van der Waals surface area contributed by atoms with Gasteiger partial charge in [0.25, 0.3) is 0 Å². The van der Waals surface area contributed by atoms with Gasteiger partial charge < -0.3 is 9.80 Å². The van der Waals surface area contributed by atoms with Crippen LogP contribution in [-0.2, 0) is 0 Å². The zero-order chi connectivity index (χ0) is 33.3. The first-order chi connectivity index (χ1) is 25.1. The molecule has 8 bridgehead atoms. The summed E-state index contributed by atoms with van der Waals surface area (Å²) in [6.07, 6.45) is 22.3. The van der Waals surface area contributed by atoms with E-state index < -0.39 is 0 Å². The highest BCUT2D eigenvalue weighted by Crippen LogP contribution is 2.67. The largest absolute Gasteiger partial charge is 0.321 e. The molecule has 13 aliphatic rings. The van der Waals surface area contributed by atoms with Gasteiger partial charge in [0.2, 0.25) is 0 Å². The zero-order valence-corrected chi connectivity index (χ0v) is 32.9. The quantitative estimate of drug-likeness (QED) is 0.199. The van der Waals surface area contributed by atoms with Crippen LogP contribution in [0.5, 0.6) is 0 Å². The van der Waals surface area contributed by atoms with E-state index in [-0.39, 0.29) is 0 Å². The van der Waals surface area contributed by atoms with Crippen molar-refractivity contribution in [1.82, 2.24) is 0 Å². The van der Waals surface area contributed by atoms with E-state index >= 15 is 0 Å². The molecule has 51 heavy (non-hydrogen) atoms. The third kappa shape index (κ3) is 3.81. The zero-order valence-electron chi connectivity index (χ0n) is 29.8. The number of nitrogens with zero attached hydrogens (tertiary/aromatic N) is 2. The van der Waals surface area contributed by atoms with Crippen molar-refractivity contribution in [3.05, 3.63) is 89.9 Å². The molecule has 0 N–H and O–H groups in total. The second-order valence-electron chi connectivity index (χ2n) is 18.5. The lowest BCUT2D eigenvalue weighted by molar-refractivity contribution is 0.325. The van der Waals surface area contributed by atoms with Gasteiger partial charge >= 0.3 is 0 Å². The average molecular weight is 801 g/mol. The summed E-state index contributed by atoms with van der Waals surface area (Å²) in [7, 11) is 0. The molecule has 0 unspecified atom stereocenters. The molecule has 17 rings (SSSR count). The summed E-state index contributed by atoms with van der Waals surface area (Å²) in [5, 5.41) is 2.83. The minimum Gasteiger partial charge on any atom is -0.321 e. The van der Waals surface area contributed by atoms with Crippen LogP contribution in [0.15, 0.2) is 45.3 Å². The Balaban J connectivity index is 1.10. The number of hydrogen-bond acceptors (Lipinski definition) is 2. The maximum atomic E-state index is 4.52. The van der Waals surface area contributed by atoms with Gasteiger partial charge in [-0.3, -0.25) is 0 Å². The van der Waals surface area contributed by atoms with Crippen molar-refractivity contribution in [3.8, 4) is 0 Å². The smallest absolute Gasteiger partial charge is 0.100 e. The number of rotatable bonds is 2. The molecule has 2 nitrogen and oxygen atoms in total. The summed E-state index contributed by atoms with van der Waals surface area (Å²) in [4.78, 5) is 5.71. The maximum absolute atomic E-state index is 4.52. The lowest BCUT2D eigenvalue weighted by Crippen LogP contribution is -2.40. The van der Waals surface area contributed by atoms with Crippen LogP contribution in [0.25, 0.3) is 10.8 Å². The molecule has 0 aromatic heterocycles. The summed E-state index contributed by atoms with van der Waals surface area (Å²) in [5.74, 6) is 5.94. The fourth-order valence-corrected chi connectivity index (χ4v) is 16.5. The number of halogens is 2. The first-order valence-corrected chi connectivity index (χ1v) is 22.6. The van der Waals surface area contributed by atoms with Crippen molar-refractivity contribution < 1.29 is 0 Å². The normalized spacial score (nSPS) is 33.1. The second kappa shape index (κ2) is 10.7. The van der Waals surface area contributed by atoms with E-state index in [1.165, 1.54) is 134 Å². The van der Waals surface area contributed by atoms with E-state index in [0.717, 1.165) is 42.2 Å². The Labute approximate surface area is 320 Å². The lowest BCUT2D eigenvalue weighted by Gasteiger charge is -2.51. The number of fused-ring (bicyclic) bond motifs is 8. The van der Waals surface area contributed by atoms with Gasteiger partial charge in [0, 0.05) is 14.3 Å². The van der Waals surface area contributed by atoms with Crippen LogP contribution < -0.4 is 9.80 Å². The molecule has 260 valence electrons. The summed E-state index contributed by atoms with van der Waals surface area (Å²) < 4.78 is 2.94. The summed E-state index contributed by atoms with van der Waals surface area (Å²) >= 11 is 9.04. The van der Waals surface area contributed by atoms with Gasteiger partial charge in [-0.2, -0.15) is 0 Å². The highest BCUT2D eigenvalue weighted by molar-refractivity contribution is 9.11. The highest BCUT2D eigenvalue weighted by Gasteiger charge is 2.49. The average Bonchev–Trinajstić information content (AvgIpc) is 3.20. The molecule has 1 heterocycles. The van der Waals surface area contributed by atoms with E-state index in [1.54, 1.807) is 33.6 Å². The first kappa shape index (κ1) is 30.1. The van der Waals surface area contributed by atoms with Crippen LogP contribution in [0.3, 0.4) is 0 Å². The Morgan fingerprint density at radius 3 is 1.02 bits per heavy atom. The van der Waals surface area contributed by atoms with Gasteiger partial charge in [-0.05, 0) is 244 Å². The molecular weight excluding hydrogens is 752 g/mol. The Hall–Kier alpha value is -2.30. The minimum absolute atomic E-state index is 0.696. The molecule has 0 radical (unpaired) electrons.